The van der Waals surface area contributed by atoms with Gasteiger partial charge in [0.05, 0.1) is 11.2 Å². The van der Waals surface area contributed by atoms with E-state index in [-0.39, 0.29) is 106 Å². The van der Waals surface area contributed by atoms with Crippen molar-refractivity contribution in [2.75, 3.05) is 23.7 Å². The van der Waals surface area contributed by atoms with Crippen molar-refractivity contribution in [1.82, 2.24) is 0 Å². The Bertz CT molecular complexity index is 1720. The monoisotopic (exact) mass is 676 g/mol. The van der Waals surface area contributed by atoms with Crippen molar-refractivity contribution in [3.05, 3.63) is 108 Å². The van der Waals surface area contributed by atoms with E-state index >= 15 is 0 Å². The van der Waals surface area contributed by atoms with Gasteiger partial charge in [0.15, 0.2) is 12.3 Å². The van der Waals surface area contributed by atoms with E-state index < -0.39 is 28.9 Å². The molecule has 0 radical (unpaired) electrons. The van der Waals surface area contributed by atoms with Gasteiger partial charge in [0.2, 0.25) is 5.69 Å². The number of fused-ring (bicyclic) bond motifs is 2. The van der Waals surface area contributed by atoms with E-state index in [1.165, 1.54) is 12.1 Å². The molecular formula is C32H36N2Na3O6PS. The smallest absolute Gasteiger partial charge is 0.807 e. The number of allylic oxidation sites excluding steroid dienone is 8. The number of hydrogen-bond donors (Lipinski definition) is 0. The molecular weight excluding hydrogens is 640 g/mol. The van der Waals surface area contributed by atoms with Crippen LogP contribution in [0.25, 0.3) is 0 Å². The van der Waals surface area contributed by atoms with E-state index in [1.54, 1.807) is 6.07 Å². The fraction of sp³-hybridized carbons (Fsp3) is 0.312. The summed E-state index contributed by atoms with van der Waals surface area (Å²) in [6, 6.07) is 10.5. The zero-order chi connectivity index (χ0) is 31.1. The minimum atomic E-state index is -4.87. The van der Waals surface area contributed by atoms with Crippen molar-refractivity contribution in [3.8, 4) is 0 Å². The fourth-order valence-electron chi connectivity index (χ4n) is 5.79. The molecule has 2 aliphatic rings. The Morgan fingerprint density at radius 1 is 0.911 bits per heavy atom. The maximum Gasteiger partial charge on any atom is 1.00 e. The predicted molar refractivity (Wildman–Crippen MR) is 163 cm³/mol. The van der Waals surface area contributed by atoms with Crippen molar-refractivity contribution < 1.29 is 121 Å². The van der Waals surface area contributed by atoms with Gasteiger partial charge < -0.3 is 30.7 Å². The second-order valence-corrected chi connectivity index (χ2v) is 14.6. The van der Waals surface area contributed by atoms with Crippen LogP contribution in [0.3, 0.4) is 0 Å². The maximum absolute atomic E-state index is 11.6. The van der Waals surface area contributed by atoms with Gasteiger partial charge in [-0.1, -0.05) is 61.9 Å². The normalized spacial score (nSPS) is 17.9. The van der Waals surface area contributed by atoms with E-state index in [9.17, 15) is 27.3 Å². The molecule has 0 fully saturated rings. The quantitative estimate of drug-likeness (QED) is 0.0649. The van der Waals surface area contributed by atoms with Gasteiger partial charge in [-0.3, -0.25) is 0 Å². The van der Waals surface area contributed by atoms with Gasteiger partial charge >= 0.3 is 88.7 Å². The molecule has 45 heavy (non-hydrogen) atoms. The third-order valence-corrected chi connectivity index (χ3v) is 9.57. The Morgan fingerprint density at radius 2 is 1.53 bits per heavy atom. The third kappa shape index (κ3) is 9.55. The predicted octanol–water partition coefficient (Wildman–Crippen LogP) is -5.35. The largest absolute Gasteiger partial charge is 1.00 e. The molecule has 0 aromatic heterocycles. The van der Waals surface area contributed by atoms with Gasteiger partial charge in [-0.2, -0.15) is 4.58 Å². The van der Waals surface area contributed by atoms with E-state index in [0.717, 1.165) is 39.5 Å². The summed E-state index contributed by atoms with van der Waals surface area (Å²) in [6.45, 7) is 14.7. The van der Waals surface area contributed by atoms with Crippen LogP contribution in [0.1, 0.15) is 44.4 Å². The van der Waals surface area contributed by atoms with Gasteiger partial charge in [0, 0.05) is 34.5 Å². The molecule has 0 aliphatic carbocycles. The van der Waals surface area contributed by atoms with Crippen molar-refractivity contribution in [2.45, 2.75) is 45.4 Å². The van der Waals surface area contributed by atoms with Crippen LogP contribution in [-0.4, -0.2) is 42.1 Å². The second kappa shape index (κ2) is 16.6. The van der Waals surface area contributed by atoms with Crippen molar-refractivity contribution in [2.24, 2.45) is 0 Å². The van der Waals surface area contributed by atoms with Gasteiger partial charge in [-0.25, -0.2) is 8.42 Å². The molecule has 2 aliphatic heterocycles. The Labute approximate surface area is 334 Å². The van der Waals surface area contributed by atoms with Crippen LogP contribution in [0.4, 0.5) is 11.4 Å². The summed E-state index contributed by atoms with van der Waals surface area (Å²) in [5.41, 5.74) is 5.58. The van der Waals surface area contributed by atoms with E-state index in [2.05, 4.69) is 26.8 Å². The average Bonchev–Trinajstić information content (AvgIpc) is 3.23. The molecule has 0 bridgehead atoms. The van der Waals surface area contributed by atoms with Crippen molar-refractivity contribution in [3.63, 3.8) is 0 Å². The second-order valence-electron chi connectivity index (χ2n) is 11.6. The minimum absolute atomic E-state index is 0. The number of benzene rings is 2. The average molecular weight is 677 g/mol. The zero-order valence-electron chi connectivity index (χ0n) is 27.5. The van der Waals surface area contributed by atoms with Gasteiger partial charge in [-0.15, -0.1) is 6.54 Å². The number of hydrogen-bond acceptors (Lipinski definition) is 7. The SMILES string of the molecule is [CH2-]CN1/C(=C/C=C/C=C/C=C/C2=[N+](CCS(=O)(=O)[O-])c3ccc(C)cc3C2(C)C)C(C)(C)c2cc(P(=O)([O-])[O-])ccc21.[Na+].[Na+].[Na+]. The first-order chi connectivity index (χ1) is 19.5. The van der Waals surface area contributed by atoms with Crippen LogP contribution < -0.4 is 109 Å². The van der Waals surface area contributed by atoms with Crippen LogP contribution in [-0.2, 0) is 25.5 Å². The molecule has 13 heteroatoms. The molecule has 0 atom stereocenters. The summed E-state index contributed by atoms with van der Waals surface area (Å²) >= 11 is 0. The topological polar surface area (TPSA) is 127 Å². The van der Waals surface area contributed by atoms with Crippen LogP contribution in [0.2, 0.25) is 0 Å². The number of aryl methyl sites for hydroxylation is 1. The Balaban J connectivity index is 0.00000337. The molecule has 0 saturated carbocycles. The van der Waals surface area contributed by atoms with Gasteiger partial charge in [0.1, 0.15) is 10.1 Å². The summed E-state index contributed by atoms with van der Waals surface area (Å²) < 4.78 is 47.7. The Kier molecular flexibility index (Phi) is 15.8. The molecule has 4 rings (SSSR count). The summed E-state index contributed by atoms with van der Waals surface area (Å²) in [6.07, 6.45) is 13.3. The molecule has 0 N–H and O–H groups in total. The molecule has 224 valence electrons. The van der Waals surface area contributed by atoms with Crippen LogP contribution in [0, 0.1) is 13.8 Å². The summed E-state index contributed by atoms with van der Waals surface area (Å²) in [4.78, 5) is 25.2. The molecule has 2 aromatic carbocycles. The Hall–Kier alpha value is -0.0700. The summed E-state index contributed by atoms with van der Waals surface area (Å²) in [7, 11) is -9.24. The fourth-order valence-corrected chi connectivity index (χ4v) is 6.74. The number of anilines is 1. The molecule has 0 amide bonds. The van der Waals surface area contributed by atoms with Crippen molar-refractivity contribution in [1.29, 1.82) is 0 Å². The van der Waals surface area contributed by atoms with E-state index in [0.29, 0.717) is 6.54 Å². The zero-order valence-corrected chi connectivity index (χ0v) is 35.2. The third-order valence-electron chi connectivity index (χ3n) is 7.98. The molecule has 0 unspecified atom stereocenters. The first-order valence-corrected chi connectivity index (χ1v) is 16.8. The summed E-state index contributed by atoms with van der Waals surface area (Å²) in [5.74, 6) is -0.486. The van der Waals surface area contributed by atoms with Crippen molar-refractivity contribution >= 4 is 40.1 Å². The molecule has 8 nitrogen and oxygen atoms in total. The van der Waals surface area contributed by atoms with E-state index in [1.807, 2.05) is 84.9 Å². The molecule has 0 saturated heterocycles. The molecule has 0 spiro atoms. The first-order valence-electron chi connectivity index (χ1n) is 13.6. The minimum Gasteiger partial charge on any atom is -0.807 e. The molecule has 2 heterocycles. The molecule has 2 aromatic rings. The maximum atomic E-state index is 11.6. The standard InChI is InChI=1S/C32H39N2O6PS.3Na/c1-7-33-27-18-16-24(41(35,36)37)22-26(27)32(5,6)29(33)13-11-9-8-10-12-14-30-31(3,4)25-21-23(2)15-17-28(25)34(30)19-20-42(38,39)40;;;/h8-18,21-22H,1,7,19-20H2,2-6H3,(H2,35,36,37)(H,38,39,40);;;/q;3*+1/p-3. The van der Waals surface area contributed by atoms with Crippen LogP contribution >= 0.6 is 7.60 Å². The van der Waals surface area contributed by atoms with Gasteiger partial charge in [-0.05, 0) is 63.5 Å². The van der Waals surface area contributed by atoms with Crippen LogP contribution in [0.15, 0.2) is 84.6 Å². The first kappa shape index (κ1) is 43.0. The number of rotatable bonds is 9. The Morgan fingerprint density at radius 3 is 2.13 bits per heavy atom. The van der Waals surface area contributed by atoms with Gasteiger partial charge in [0.25, 0.3) is 0 Å². The van der Waals surface area contributed by atoms with E-state index in [4.69, 9.17) is 0 Å². The van der Waals surface area contributed by atoms with Crippen LogP contribution in [0.5, 0.6) is 0 Å². The summed E-state index contributed by atoms with van der Waals surface area (Å²) in [5, 5.41) is -0.223. The number of nitrogens with zero attached hydrogens (tertiary/aromatic N) is 2.